The predicted molar refractivity (Wildman–Crippen MR) is 56.2 cm³/mol. The van der Waals surface area contributed by atoms with Crippen molar-refractivity contribution >= 4 is 5.97 Å². The van der Waals surface area contributed by atoms with Crippen molar-refractivity contribution in [2.75, 3.05) is 6.61 Å². The molecule has 1 aromatic carbocycles. The topological polar surface area (TPSA) is 46.5 Å². The van der Waals surface area contributed by atoms with E-state index in [0.717, 1.165) is 17.7 Å². The Kier molecular flexibility index (Phi) is 2.39. The number of benzene rings is 1. The van der Waals surface area contributed by atoms with Crippen molar-refractivity contribution in [3.8, 4) is 5.75 Å². The molecule has 80 valence electrons. The van der Waals surface area contributed by atoms with Gasteiger partial charge < -0.3 is 9.84 Å². The van der Waals surface area contributed by atoms with Crippen LogP contribution in [0, 0.1) is 0 Å². The van der Waals surface area contributed by atoms with Gasteiger partial charge in [0.25, 0.3) is 0 Å². The highest BCUT2D eigenvalue weighted by Crippen LogP contribution is 2.40. The summed E-state index contributed by atoms with van der Waals surface area (Å²) in [5.41, 5.74) is 0.722. The smallest absolute Gasteiger partial charge is 0.304 e. The molecule has 0 radical (unpaired) electrons. The maximum absolute atomic E-state index is 10.8. The van der Waals surface area contributed by atoms with E-state index in [2.05, 4.69) is 0 Å². The molecule has 1 aliphatic rings. The van der Waals surface area contributed by atoms with Crippen LogP contribution in [0.3, 0.4) is 0 Å². The molecule has 0 aromatic heterocycles. The molecule has 3 nitrogen and oxygen atoms in total. The van der Waals surface area contributed by atoms with Gasteiger partial charge in [-0.1, -0.05) is 25.1 Å². The van der Waals surface area contributed by atoms with E-state index in [1.54, 1.807) is 0 Å². The Morgan fingerprint density at radius 2 is 2.27 bits per heavy atom. The first-order chi connectivity index (χ1) is 7.12. The summed E-state index contributed by atoms with van der Waals surface area (Å²) in [7, 11) is 0. The van der Waals surface area contributed by atoms with Gasteiger partial charge in [0.2, 0.25) is 0 Å². The van der Waals surface area contributed by atoms with E-state index in [1.165, 1.54) is 0 Å². The SMILES string of the molecule is CC1(CC(=O)O)CCOc2ccccc21. The average Bonchev–Trinajstić information content (AvgIpc) is 2.17. The second-order valence-electron chi connectivity index (χ2n) is 4.23. The highest BCUT2D eigenvalue weighted by molar-refractivity contribution is 5.69. The molecule has 1 N–H and O–H groups in total. The summed E-state index contributed by atoms with van der Waals surface area (Å²) < 4.78 is 5.51. The largest absolute Gasteiger partial charge is 0.493 e. The van der Waals surface area contributed by atoms with E-state index in [-0.39, 0.29) is 11.8 Å². The highest BCUT2D eigenvalue weighted by Gasteiger charge is 2.34. The predicted octanol–water partition coefficient (Wildman–Crippen LogP) is 2.20. The van der Waals surface area contributed by atoms with Gasteiger partial charge in [-0.25, -0.2) is 0 Å². The van der Waals surface area contributed by atoms with Crippen molar-refractivity contribution in [3.63, 3.8) is 0 Å². The van der Waals surface area contributed by atoms with Crippen molar-refractivity contribution in [2.24, 2.45) is 0 Å². The zero-order valence-corrected chi connectivity index (χ0v) is 8.69. The van der Waals surface area contributed by atoms with Crippen LogP contribution in [-0.2, 0) is 10.2 Å². The summed E-state index contributed by atoms with van der Waals surface area (Å²) in [5.74, 6) is 0.0710. The third kappa shape index (κ3) is 1.82. The number of hydrogen-bond donors (Lipinski definition) is 1. The molecular formula is C12H14O3. The van der Waals surface area contributed by atoms with Gasteiger partial charge in [0.05, 0.1) is 13.0 Å². The first-order valence-corrected chi connectivity index (χ1v) is 5.06. The fourth-order valence-corrected chi connectivity index (χ4v) is 2.13. The molecule has 2 rings (SSSR count). The Morgan fingerprint density at radius 1 is 1.53 bits per heavy atom. The van der Waals surface area contributed by atoms with Crippen molar-refractivity contribution in [1.82, 2.24) is 0 Å². The highest BCUT2D eigenvalue weighted by atomic mass is 16.5. The number of para-hydroxylation sites is 1. The number of carboxylic acid groups (broad SMARTS) is 1. The Hall–Kier alpha value is -1.51. The van der Waals surface area contributed by atoms with Crippen molar-refractivity contribution in [2.45, 2.75) is 25.2 Å². The fourth-order valence-electron chi connectivity index (χ4n) is 2.13. The monoisotopic (exact) mass is 206 g/mol. The summed E-state index contributed by atoms with van der Waals surface area (Å²) in [4.78, 5) is 10.8. The number of carbonyl (C=O) groups is 1. The summed E-state index contributed by atoms with van der Waals surface area (Å²) in [5, 5.41) is 8.92. The molecule has 1 aliphatic heterocycles. The van der Waals surface area contributed by atoms with Gasteiger partial charge in [-0.05, 0) is 12.5 Å². The third-order valence-electron chi connectivity index (χ3n) is 2.99. The Balaban J connectivity index is 2.40. The molecule has 1 aromatic rings. The number of carboxylic acids is 1. The quantitative estimate of drug-likeness (QED) is 0.806. The Morgan fingerprint density at radius 3 is 3.00 bits per heavy atom. The van der Waals surface area contributed by atoms with Crippen LogP contribution in [0.2, 0.25) is 0 Å². The van der Waals surface area contributed by atoms with Gasteiger partial charge in [0, 0.05) is 11.0 Å². The molecule has 0 aliphatic carbocycles. The van der Waals surface area contributed by atoms with Crippen LogP contribution in [0.15, 0.2) is 24.3 Å². The fraction of sp³-hybridized carbons (Fsp3) is 0.417. The van der Waals surface area contributed by atoms with E-state index in [4.69, 9.17) is 9.84 Å². The van der Waals surface area contributed by atoms with Gasteiger partial charge in [-0.15, -0.1) is 0 Å². The van der Waals surface area contributed by atoms with Crippen LogP contribution >= 0.6 is 0 Å². The van der Waals surface area contributed by atoms with Crippen LogP contribution in [0.25, 0.3) is 0 Å². The van der Waals surface area contributed by atoms with Crippen LogP contribution in [0.4, 0.5) is 0 Å². The van der Waals surface area contributed by atoms with Gasteiger partial charge in [-0.3, -0.25) is 4.79 Å². The number of aliphatic carboxylic acids is 1. The van der Waals surface area contributed by atoms with E-state index in [9.17, 15) is 4.79 Å². The zero-order valence-electron chi connectivity index (χ0n) is 8.69. The van der Waals surface area contributed by atoms with Crippen LogP contribution in [-0.4, -0.2) is 17.7 Å². The third-order valence-corrected chi connectivity index (χ3v) is 2.99. The zero-order chi connectivity index (χ0) is 10.9. The molecule has 0 bridgehead atoms. The summed E-state index contributed by atoms with van der Waals surface area (Å²) in [6.07, 6.45) is 0.920. The van der Waals surface area contributed by atoms with E-state index >= 15 is 0 Å². The lowest BCUT2D eigenvalue weighted by Crippen LogP contribution is -2.32. The lowest BCUT2D eigenvalue weighted by Gasteiger charge is -2.34. The lowest BCUT2D eigenvalue weighted by molar-refractivity contribution is -0.138. The van der Waals surface area contributed by atoms with E-state index < -0.39 is 5.97 Å². The Labute approximate surface area is 88.7 Å². The maximum Gasteiger partial charge on any atom is 0.304 e. The lowest BCUT2D eigenvalue weighted by atomic mass is 9.75. The standard InChI is InChI=1S/C12H14O3/c1-12(8-11(13)14)6-7-15-10-5-3-2-4-9(10)12/h2-5H,6-8H2,1H3,(H,13,14). The number of ether oxygens (including phenoxy) is 1. The molecule has 1 heterocycles. The van der Waals surface area contributed by atoms with Crippen LogP contribution in [0.1, 0.15) is 25.3 Å². The normalized spacial score (nSPS) is 24.1. The molecule has 0 fully saturated rings. The number of rotatable bonds is 2. The summed E-state index contributed by atoms with van der Waals surface area (Å²) in [6.45, 7) is 2.59. The molecule has 0 spiro atoms. The maximum atomic E-state index is 10.8. The minimum absolute atomic E-state index is 0.160. The number of hydrogen-bond acceptors (Lipinski definition) is 2. The minimum Gasteiger partial charge on any atom is -0.493 e. The van der Waals surface area contributed by atoms with Gasteiger partial charge in [0.1, 0.15) is 5.75 Å². The first-order valence-electron chi connectivity index (χ1n) is 5.06. The molecule has 1 atom stereocenters. The van der Waals surface area contributed by atoms with Gasteiger partial charge in [-0.2, -0.15) is 0 Å². The molecule has 3 heteroatoms. The van der Waals surface area contributed by atoms with Crippen molar-refractivity contribution in [1.29, 1.82) is 0 Å². The van der Waals surface area contributed by atoms with Crippen molar-refractivity contribution < 1.29 is 14.6 Å². The van der Waals surface area contributed by atoms with Crippen LogP contribution < -0.4 is 4.74 Å². The minimum atomic E-state index is -0.755. The van der Waals surface area contributed by atoms with Crippen molar-refractivity contribution in [3.05, 3.63) is 29.8 Å². The molecule has 15 heavy (non-hydrogen) atoms. The molecule has 1 unspecified atom stereocenters. The molecule has 0 amide bonds. The van der Waals surface area contributed by atoms with E-state index in [0.29, 0.717) is 6.61 Å². The van der Waals surface area contributed by atoms with Crippen LogP contribution in [0.5, 0.6) is 5.75 Å². The number of fused-ring (bicyclic) bond motifs is 1. The summed E-state index contributed by atoms with van der Waals surface area (Å²) >= 11 is 0. The summed E-state index contributed by atoms with van der Waals surface area (Å²) in [6, 6.07) is 7.69. The molecule has 0 saturated carbocycles. The molecule has 0 saturated heterocycles. The average molecular weight is 206 g/mol. The second-order valence-corrected chi connectivity index (χ2v) is 4.23. The molecular weight excluding hydrogens is 192 g/mol. The van der Waals surface area contributed by atoms with Gasteiger partial charge in [0.15, 0.2) is 0 Å². The van der Waals surface area contributed by atoms with E-state index in [1.807, 2.05) is 31.2 Å². The first kappa shape index (κ1) is 10.0. The second kappa shape index (κ2) is 3.57. The Bertz CT molecular complexity index is 386. The van der Waals surface area contributed by atoms with Gasteiger partial charge >= 0.3 is 5.97 Å².